The van der Waals surface area contributed by atoms with Gasteiger partial charge in [-0.2, -0.15) is 5.90 Å². The molecule has 1 aromatic heterocycles. The number of nitrogens with zero attached hydrogens (tertiary/aromatic N) is 2. The van der Waals surface area contributed by atoms with Gasteiger partial charge in [-0.05, 0) is 17.5 Å². The van der Waals surface area contributed by atoms with Gasteiger partial charge in [0.05, 0.1) is 22.4 Å². The molecule has 0 saturated carbocycles. The molecule has 0 aliphatic heterocycles. The van der Waals surface area contributed by atoms with E-state index in [4.69, 9.17) is 25.1 Å². The maximum absolute atomic E-state index is 9.00. The van der Waals surface area contributed by atoms with Gasteiger partial charge >= 0.3 is 0 Å². The average molecular weight is 536 g/mol. The van der Waals surface area contributed by atoms with Crippen LogP contribution in [0.5, 0.6) is 0 Å². The fourth-order valence-electron chi connectivity index (χ4n) is 3.18. The van der Waals surface area contributed by atoms with Crippen LogP contribution in [0.2, 0.25) is 0 Å². The summed E-state index contributed by atoms with van der Waals surface area (Å²) in [4.78, 5) is 22.3. The van der Waals surface area contributed by atoms with Gasteiger partial charge in [-0.3, -0.25) is 4.79 Å². The summed E-state index contributed by atoms with van der Waals surface area (Å²) < 4.78 is 7.83. The number of benzene rings is 3. The second-order valence-corrected chi connectivity index (χ2v) is 7.22. The summed E-state index contributed by atoms with van der Waals surface area (Å²) in [5.74, 6) is 3.56. The molecular weight excluding hydrogens is 506 g/mol. The molecule has 0 spiro atoms. The number of aromatic nitrogens is 2. The lowest BCUT2D eigenvalue weighted by molar-refractivity contribution is -0.432. The van der Waals surface area contributed by atoms with E-state index < -0.39 is 5.97 Å². The third-order valence-electron chi connectivity index (χ3n) is 4.19. The lowest BCUT2D eigenvalue weighted by Gasteiger charge is -2.02. The smallest absolute Gasteiger partial charge is 0.300 e. The second kappa shape index (κ2) is 17.6. The van der Waals surface area contributed by atoms with Crippen molar-refractivity contribution in [2.24, 2.45) is 5.90 Å². The van der Waals surface area contributed by atoms with Crippen LogP contribution in [0, 0.1) is 0 Å². The molecule has 0 bridgehead atoms. The first-order chi connectivity index (χ1) is 17.5. The normalized spacial score (nSPS) is 9.86. The highest BCUT2D eigenvalue weighted by molar-refractivity contribution is 7.94. The van der Waals surface area contributed by atoms with Crippen molar-refractivity contribution in [2.45, 2.75) is 20.8 Å². The maximum atomic E-state index is 9.00. The number of hydrogen-bond donors (Lipinski definition) is 3. The van der Waals surface area contributed by atoms with Gasteiger partial charge in [0.15, 0.2) is 0 Å². The molecule has 1 aliphatic rings. The Kier molecular flexibility index (Phi) is 15.3. The van der Waals surface area contributed by atoms with Gasteiger partial charge in [0.25, 0.3) is 5.97 Å². The summed E-state index contributed by atoms with van der Waals surface area (Å²) in [5, 5.41) is 20.4. The SMILES string of the molecule is CC.CC(=O)O.CSOON.CSOOO.c1cc2c3c(cccc3c1)-c1nc3ccccc3nc1-2. The van der Waals surface area contributed by atoms with E-state index in [2.05, 4.69) is 61.0 Å². The van der Waals surface area contributed by atoms with Crippen molar-refractivity contribution in [1.29, 1.82) is 0 Å². The monoisotopic (exact) mass is 535 g/mol. The van der Waals surface area contributed by atoms with Crippen molar-refractivity contribution >= 4 is 51.9 Å². The van der Waals surface area contributed by atoms with Crippen LogP contribution in [-0.4, -0.2) is 38.8 Å². The number of carboxylic acids is 1. The molecule has 1 aliphatic carbocycles. The van der Waals surface area contributed by atoms with Crippen molar-refractivity contribution in [3.05, 3.63) is 60.7 Å². The number of nitrogens with two attached hydrogens (primary N) is 1. The van der Waals surface area contributed by atoms with E-state index in [-0.39, 0.29) is 0 Å². The van der Waals surface area contributed by atoms with Crippen LogP contribution in [0.1, 0.15) is 20.8 Å². The molecule has 0 radical (unpaired) electrons. The predicted molar refractivity (Wildman–Crippen MR) is 144 cm³/mol. The van der Waals surface area contributed by atoms with Crippen molar-refractivity contribution in [2.75, 3.05) is 12.5 Å². The average Bonchev–Trinajstić information content (AvgIpc) is 3.20. The van der Waals surface area contributed by atoms with E-state index in [1.54, 1.807) is 12.5 Å². The van der Waals surface area contributed by atoms with E-state index in [0.29, 0.717) is 0 Å². The number of para-hydroxylation sites is 2. The lowest BCUT2D eigenvalue weighted by Crippen LogP contribution is -1.92. The number of hydrogen-bond acceptors (Lipinski definition) is 11. The molecule has 0 saturated heterocycles. The molecule has 5 rings (SSSR count). The molecule has 194 valence electrons. The molecule has 4 aromatic rings. The molecule has 0 atom stereocenters. The highest BCUT2D eigenvalue weighted by Crippen LogP contribution is 2.45. The zero-order valence-electron chi connectivity index (χ0n) is 20.5. The minimum Gasteiger partial charge on any atom is -0.481 e. The summed E-state index contributed by atoms with van der Waals surface area (Å²) in [6.45, 7) is 5.08. The predicted octanol–water partition coefficient (Wildman–Crippen LogP) is 6.32. The largest absolute Gasteiger partial charge is 0.481 e. The van der Waals surface area contributed by atoms with E-state index in [1.165, 1.54) is 21.9 Å². The van der Waals surface area contributed by atoms with E-state index in [9.17, 15) is 0 Å². The molecular formula is C24H29N3O7S2. The molecule has 0 fully saturated rings. The molecule has 12 heteroatoms. The first-order valence-electron chi connectivity index (χ1n) is 10.5. The zero-order chi connectivity index (χ0) is 26.9. The van der Waals surface area contributed by atoms with Gasteiger partial charge in [0, 0.05) is 60.0 Å². The Morgan fingerprint density at radius 1 is 0.833 bits per heavy atom. The number of carboxylic acid groups (broad SMARTS) is 1. The topological polar surface area (TPSA) is 146 Å². The molecule has 10 nitrogen and oxygen atoms in total. The molecule has 0 amide bonds. The number of aliphatic carboxylic acids is 1. The maximum Gasteiger partial charge on any atom is 0.300 e. The lowest BCUT2D eigenvalue weighted by atomic mass is 10.0. The van der Waals surface area contributed by atoms with Crippen LogP contribution >= 0.6 is 24.1 Å². The Bertz CT molecular complexity index is 1140. The van der Waals surface area contributed by atoms with Gasteiger partial charge in [-0.15, -0.1) is 13.7 Å². The number of carbonyl (C=O) groups is 1. The summed E-state index contributed by atoms with van der Waals surface area (Å²) in [7, 11) is 0. The summed E-state index contributed by atoms with van der Waals surface area (Å²) in [5.41, 5.74) is 6.33. The van der Waals surface area contributed by atoms with Gasteiger partial charge in [0.1, 0.15) is 0 Å². The third kappa shape index (κ3) is 9.00. The molecule has 0 unspecified atom stereocenters. The highest BCUT2D eigenvalue weighted by atomic mass is 32.2. The first kappa shape index (κ1) is 31.2. The Balaban J connectivity index is 0.000000339. The minimum absolute atomic E-state index is 0.833. The third-order valence-corrected chi connectivity index (χ3v) is 4.60. The summed E-state index contributed by atoms with van der Waals surface area (Å²) in [6.07, 6.45) is 3.32. The Hall–Kier alpha value is -2.81. The number of rotatable bonds is 4. The summed E-state index contributed by atoms with van der Waals surface area (Å²) >= 11 is 1.98. The molecule has 4 N–H and O–H groups in total. The van der Waals surface area contributed by atoms with Gasteiger partial charge in [-0.1, -0.05) is 67.4 Å². The molecule has 1 heterocycles. The van der Waals surface area contributed by atoms with Crippen molar-refractivity contribution in [1.82, 2.24) is 9.97 Å². The van der Waals surface area contributed by atoms with Crippen molar-refractivity contribution < 1.29 is 33.9 Å². The van der Waals surface area contributed by atoms with Gasteiger partial charge < -0.3 is 5.11 Å². The van der Waals surface area contributed by atoms with Crippen LogP contribution in [0.15, 0.2) is 60.7 Å². The Morgan fingerprint density at radius 2 is 1.28 bits per heavy atom. The quantitative estimate of drug-likeness (QED) is 0.134. The van der Waals surface area contributed by atoms with Crippen molar-refractivity contribution in [3.63, 3.8) is 0 Å². The Labute approximate surface area is 217 Å². The highest BCUT2D eigenvalue weighted by Gasteiger charge is 2.23. The van der Waals surface area contributed by atoms with Crippen LogP contribution in [0.25, 0.3) is 44.3 Å². The zero-order valence-corrected chi connectivity index (χ0v) is 22.1. The van der Waals surface area contributed by atoms with Gasteiger partial charge in [-0.25, -0.2) is 15.2 Å². The van der Waals surface area contributed by atoms with E-state index in [0.717, 1.165) is 53.4 Å². The minimum atomic E-state index is -0.833. The van der Waals surface area contributed by atoms with Crippen LogP contribution < -0.4 is 5.90 Å². The number of fused-ring (bicyclic) bond motifs is 4. The van der Waals surface area contributed by atoms with Crippen LogP contribution in [-0.2, 0) is 23.5 Å². The van der Waals surface area contributed by atoms with E-state index in [1.807, 2.05) is 38.1 Å². The molecule has 3 aromatic carbocycles. The standard InChI is InChI=1S/C18H10N2.C2H4O2.C2H6.CH5NO2S.CH4O3S/c1-2-10-15-14(9-1)19-17-12-7-3-5-11-6-4-8-13(16(11)12)18(17)20-15;1-2(3)4;1-2;2*1-5-4-3-2/h1-10H;1H3,(H,3,4);1-2H3;2H2,1H3;2H,1H3. The van der Waals surface area contributed by atoms with Crippen molar-refractivity contribution in [3.8, 4) is 22.5 Å². The second-order valence-electron chi connectivity index (χ2n) is 6.28. The molecule has 36 heavy (non-hydrogen) atoms. The van der Waals surface area contributed by atoms with Crippen LogP contribution in [0.3, 0.4) is 0 Å². The Morgan fingerprint density at radius 3 is 1.58 bits per heavy atom. The fourth-order valence-corrected chi connectivity index (χ4v) is 3.32. The van der Waals surface area contributed by atoms with Crippen LogP contribution in [0.4, 0.5) is 0 Å². The van der Waals surface area contributed by atoms with Gasteiger partial charge in [0.2, 0.25) is 0 Å². The fraction of sp³-hybridized carbons (Fsp3) is 0.208. The van der Waals surface area contributed by atoms with E-state index >= 15 is 0 Å². The summed E-state index contributed by atoms with van der Waals surface area (Å²) in [6, 6.07) is 20.8. The first-order valence-corrected chi connectivity index (χ1v) is 12.8.